The Kier molecular flexibility index (Phi) is 3.17. The molecule has 0 spiro atoms. The van der Waals surface area contributed by atoms with Gasteiger partial charge in [0.05, 0.1) is 5.69 Å². The number of allylic oxidation sites excluding steroid dienone is 1. The first kappa shape index (κ1) is 13.4. The number of aryl methyl sites for hydroxylation is 1. The third-order valence-electron chi connectivity index (χ3n) is 3.73. The summed E-state index contributed by atoms with van der Waals surface area (Å²) in [5, 5.41) is 3.28. The molecule has 20 heavy (non-hydrogen) atoms. The Balaban J connectivity index is 1.94. The number of fused-ring (bicyclic) bond motifs is 1. The van der Waals surface area contributed by atoms with Crippen molar-refractivity contribution in [1.82, 2.24) is 4.98 Å². The summed E-state index contributed by atoms with van der Waals surface area (Å²) in [4.78, 5) is 4.75. The first-order valence-electron chi connectivity index (χ1n) is 6.99. The number of thiazole rings is 1. The fourth-order valence-electron chi connectivity index (χ4n) is 2.54. The van der Waals surface area contributed by atoms with Gasteiger partial charge < -0.3 is 5.73 Å². The van der Waals surface area contributed by atoms with Gasteiger partial charge in [-0.05, 0) is 47.8 Å². The number of nitrogens with two attached hydrogens (primary N) is 1. The van der Waals surface area contributed by atoms with Crippen LogP contribution in [0.4, 0.5) is 5.69 Å². The molecule has 1 aliphatic rings. The molecule has 0 aliphatic heterocycles. The lowest BCUT2D eigenvalue weighted by atomic mass is 9.93. The van der Waals surface area contributed by atoms with Crippen molar-refractivity contribution in [1.29, 1.82) is 0 Å². The molecular formula is C17H20N2S. The van der Waals surface area contributed by atoms with E-state index in [2.05, 4.69) is 44.4 Å². The predicted octanol–water partition coefficient (Wildman–Crippen LogP) is 4.51. The third-order valence-corrected chi connectivity index (χ3v) is 4.52. The van der Waals surface area contributed by atoms with Gasteiger partial charge in [-0.3, -0.25) is 0 Å². The Bertz CT molecular complexity index is 675. The molecule has 2 aromatic rings. The molecule has 1 aliphatic carbocycles. The van der Waals surface area contributed by atoms with Crippen molar-refractivity contribution >= 4 is 28.7 Å². The van der Waals surface area contributed by atoms with Crippen molar-refractivity contribution in [2.75, 3.05) is 5.73 Å². The summed E-state index contributed by atoms with van der Waals surface area (Å²) in [6.07, 6.45) is 4.41. The van der Waals surface area contributed by atoms with E-state index < -0.39 is 0 Å². The maximum Gasteiger partial charge on any atom is 0.116 e. The Morgan fingerprint density at radius 1 is 1.25 bits per heavy atom. The quantitative estimate of drug-likeness (QED) is 0.782. The van der Waals surface area contributed by atoms with Gasteiger partial charge in [-0.2, -0.15) is 0 Å². The number of anilines is 1. The van der Waals surface area contributed by atoms with Gasteiger partial charge in [0.1, 0.15) is 5.01 Å². The summed E-state index contributed by atoms with van der Waals surface area (Å²) in [5.41, 5.74) is 12.1. The summed E-state index contributed by atoms with van der Waals surface area (Å²) in [7, 11) is 0. The van der Waals surface area contributed by atoms with E-state index in [0.717, 1.165) is 23.5 Å². The first-order valence-corrected chi connectivity index (χ1v) is 7.87. The number of rotatable bonds is 1. The highest BCUT2D eigenvalue weighted by atomic mass is 32.1. The largest absolute Gasteiger partial charge is 0.399 e. The van der Waals surface area contributed by atoms with Crippen LogP contribution < -0.4 is 5.73 Å². The third kappa shape index (κ3) is 2.50. The minimum Gasteiger partial charge on any atom is -0.399 e. The van der Waals surface area contributed by atoms with Crippen molar-refractivity contribution in [2.45, 2.75) is 39.0 Å². The van der Waals surface area contributed by atoms with Crippen LogP contribution >= 0.6 is 11.3 Å². The van der Waals surface area contributed by atoms with Crippen LogP contribution in [0.5, 0.6) is 0 Å². The number of hydrogen-bond donors (Lipinski definition) is 1. The minimum absolute atomic E-state index is 0.120. The maximum atomic E-state index is 5.85. The van der Waals surface area contributed by atoms with Crippen LogP contribution in [0.3, 0.4) is 0 Å². The van der Waals surface area contributed by atoms with Gasteiger partial charge in [-0.25, -0.2) is 4.98 Å². The lowest BCUT2D eigenvalue weighted by molar-refractivity contribution is 0.573. The summed E-state index contributed by atoms with van der Waals surface area (Å²) in [6, 6.07) is 6.22. The molecule has 0 saturated carbocycles. The second-order valence-electron chi connectivity index (χ2n) is 6.41. The molecule has 0 atom stereocenters. The molecule has 0 fully saturated rings. The van der Waals surface area contributed by atoms with E-state index in [9.17, 15) is 0 Å². The summed E-state index contributed by atoms with van der Waals surface area (Å²) < 4.78 is 0. The Morgan fingerprint density at radius 2 is 2.05 bits per heavy atom. The SMILES string of the molecule is CC(C)(C)c1csc(/C=C2/CCc3cc(N)ccc32)n1. The molecule has 1 heterocycles. The van der Waals surface area contributed by atoms with Crippen molar-refractivity contribution < 1.29 is 0 Å². The average Bonchev–Trinajstić information content (AvgIpc) is 2.96. The highest BCUT2D eigenvalue weighted by Crippen LogP contribution is 2.35. The summed E-state index contributed by atoms with van der Waals surface area (Å²) >= 11 is 1.73. The van der Waals surface area contributed by atoms with Crippen LogP contribution in [-0.2, 0) is 11.8 Å². The van der Waals surface area contributed by atoms with Gasteiger partial charge in [-0.15, -0.1) is 11.3 Å². The smallest absolute Gasteiger partial charge is 0.116 e. The van der Waals surface area contributed by atoms with Gasteiger partial charge >= 0.3 is 0 Å². The fourth-order valence-corrected chi connectivity index (χ4v) is 3.54. The highest BCUT2D eigenvalue weighted by molar-refractivity contribution is 7.10. The van der Waals surface area contributed by atoms with E-state index in [4.69, 9.17) is 10.7 Å². The molecular weight excluding hydrogens is 264 g/mol. The molecule has 1 aromatic heterocycles. The lowest BCUT2D eigenvalue weighted by Crippen LogP contribution is -2.11. The molecule has 0 bridgehead atoms. The second-order valence-corrected chi connectivity index (χ2v) is 7.30. The summed E-state index contributed by atoms with van der Waals surface area (Å²) in [6.45, 7) is 6.60. The molecule has 104 valence electrons. The average molecular weight is 284 g/mol. The molecule has 0 radical (unpaired) electrons. The fraction of sp³-hybridized carbons (Fsp3) is 0.353. The number of benzene rings is 1. The molecule has 0 amide bonds. The molecule has 0 unspecified atom stereocenters. The number of nitrogens with zero attached hydrogens (tertiary/aromatic N) is 1. The Labute approximate surface area is 124 Å². The van der Waals surface area contributed by atoms with E-state index in [1.165, 1.54) is 22.4 Å². The molecule has 2 N–H and O–H groups in total. The standard InChI is InChI=1S/C17H20N2S/c1-17(2,3)15-10-20-16(19-15)9-12-5-4-11-8-13(18)6-7-14(11)12/h6-10H,4-5,18H2,1-3H3/b12-9-. The monoisotopic (exact) mass is 284 g/mol. The van der Waals surface area contributed by atoms with Crippen LogP contribution in [0.25, 0.3) is 11.6 Å². The lowest BCUT2D eigenvalue weighted by Gasteiger charge is -2.14. The van der Waals surface area contributed by atoms with Crippen LogP contribution in [-0.4, -0.2) is 4.98 Å². The summed E-state index contributed by atoms with van der Waals surface area (Å²) in [5.74, 6) is 0. The molecule has 3 rings (SSSR count). The Hall–Kier alpha value is -1.61. The molecule has 3 heteroatoms. The van der Waals surface area contributed by atoms with E-state index in [1.54, 1.807) is 11.3 Å². The zero-order chi connectivity index (χ0) is 14.3. The van der Waals surface area contributed by atoms with Crippen LogP contribution in [0.15, 0.2) is 23.6 Å². The van der Waals surface area contributed by atoms with Crippen LogP contribution in [0, 0.1) is 0 Å². The van der Waals surface area contributed by atoms with E-state index in [-0.39, 0.29) is 5.41 Å². The first-order chi connectivity index (χ1) is 9.43. The van der Waals surface area contributed by atoms with Crippen LogP contribution in [0.1, 0.15) is 49.0 Å². The van der Waals surface area contributed by atoms with E-state index in [1.807, 2.05) is 6.07 Å². The molecule has 2 nitrogen and oxygen atoms in total. The van der Waals surface area contributed by atoms with Crippen molar-refractivity contribution in [2.24, 2.45) is 0 Å². The molecule has 0 saturated heterocycles. The van der Waals surface area contributed by atoms with Crippen molar-refractivity contribution in [3.63, 3.8) is 0 Å². The van der Waals surface area contributed by atoms with Crippen molar-refractivity contribution in [3.05, 3.63) is 45.4 Å². The van der Waals surface area contributed by atoms with Gasteiger partial charge in [-0.1, -0.05) is 26.8 Å². The van der Waals surface area contributed by atoms with Gasteiger partial charge in [0.25, 0.3) is 0 Å². The predicted molar refractivity (Wildman–Crippen MR) is 87.9 cm³/mol. The minimum atomic E-state index is 0.120. The van der Waals surface area contributed by atoms with Gasteiger partial charge in [0.15, 0.2) is 0 Å². The number of hydrogen-bond acceptors (Lipinski definition) is 3. The maximum absolute atomic E-state index is 5.85. The van der Waals surface area contributed by atoms with Gasteiger partial charge in [0.2, 0.25) is 0 Å². The zero-order valence-corrected chi connectivity index (χ0v) is 13.1. The Morgan fingerprint density at radius 3 is 2.75 bits per heavy atom. The topological polar surface area (TPSA) is 38.9 Å². The number of nitrogen functional groups attached to an aromatic ring is 1. The highest BCUT2D eigenvalue weighted by Gasteiger charge is 2.19. The van der Waals surface area contributed by atoms with E-state index in [0.29, 0.717) is 0 Å². The zero-order valence-electron chi connectivity index (χ0n) is 12.2. The normalized spacial score (nSPS) is 16.6. The van der Waals surface area contributed by atoms with Crippen LogP contribution in [0.2, 0.25) is 0 Å². The van der Waals surface area contributed by atoms with E-state index >= 15 is 0 Å². The number of aromatic nitrogens is 1. The molecule has 1 aromatic carbocycles. The van der Waals surface area contributed by atoms with Gasteiger partial charge in [0, 0.05) is 16.5 Å². The van der Waals surface area contributed by atoms with Crippen molar-refractivity contribution in [3.8, 4) is 0 Å². The second kappa shape index (κ2) is 4.74.